The highest BCUT2D eigenvalue weighted by atomic mass is 16.1. The minimum atomic E-state index is -0.105. The third-order valence-corrected chi connectivity index (χ3v) is 6.22. The summed E-state index contributed by atoms with van der Waals surface area (Å²) < 4.78 is 0. The predicted octanol–water partition coefficient (Wildman–Crippen LogP) is 2.84. The van der Waals surface area contributed by atoms with Crippen LogP contribution < -0.4 is 11.1 Å². The highest BCUT2D eigenvalue weighted by Crippen LogP contribution is 2.49. The van der Waals surface area contributed by atoms with Gasteiger partial charge in [0.25, 0.3) is 0 Å². The van der Waals surface area contributed by atoms with Gasteiger partial charge in [-0.1, -0.05) is 26.2 Å². The monoisotopic (exact) mass is 278 g/mol. The minimum absolute atomic E-state index is 0.105. The summed E-state index contributed by atoms with van der Waals surface area (Å²) in [6.45, 7) is 2.88. The molecule has 3 nitrogen and oxygen atoms in total. The molecule has 3 N–H and O–H groups in total. The zero-order chi connectivity index (χ0) is 14.2. The molecule has 1 amide bonds. The maximum Gasteiger partial charge on any atom is 0.220 e. The van der Waals surface area contributed by atoms with Gasteiger partial charge >= 0.3 is 0 Å². The van der Waals surface area contributed by atoms with Crippen LogP contribution in [0.25, 0.3) is 0 Å². The van der Waals surface area contributed by atoms with E-state index in [0.29, 0.717) is 18.4 Å². The molecule has 0 radical (unpaired) electrons. The zero-order valence-electron chi connectivity index (χ0n) is 12.9. The quantitative estimate of drug-likeness (QED) is 0.831. The normalized spacial score (nSPS) is 43.7. The van der Waals surface area contributed by atoms with Gasteiger partial charge in [0.1, 0.15) is 0 Å². The van der Waals surface area contributed by atoms with E-state index >= 15 is 0 Å². The average molecular weight is 278 g/mol. The number of nitrogens with two attached hydrogens (primary N) is 1. The van der Waals surface area contributed by atoms with Crippen molar-refractivity contribution in [2.45, 2.75) is 70.3 Å². The van der Waals surface area contributed by atoms with Gasteiger partial charge in [0, 0.05) is 13.0 Å². The van der Waals surface area contributed by atoms with Crippen LogP contribution in [0.1, 0.15) is 64.7 Å². The summed E-state index contributed by atoms with van der Waals surface area (Å²) in [5.41, 5.74) is 5.90. The van der Waals surface area contributed by atoms with Gasteiger partial charge in [-0.15, -0.1) is 0 Å². The van der Waals surface area contributed by atoms with Crippen LogP contribution in [0.5, 0.6) is 0 Å². The van der Waals surface area contributed by atoms with Crippen molar-refractivity contribution in [2.24, 2.45) is 29.4 Å². The number of amides is 1. The Balaban J connectivity index is 1.54. The Morgan fingerprint density at radius 2 is 2.15 bits per heavy atom. The van der Waals surface area contributed by atoms with E-state index in [0.717, 1.165) is 31.1 Å². The molecule has 3 saturated carbocycles. The van der Waals surface area contributed by atoms with E-state index in [9.17, 15) is 4.79 Å². The zero-order valence-corrected chi connectivity index (χ0v) is 12.9. The SMILES string of the molecule is CC1CCCC(CN)(NC(=O)CC2CC3CCC2C3)C1. The van der Waals surface area contributed by atoms with Crippen LogP contribution in [0.2, 0.25) is 0 Å². The standard InChI is InChI=1S/C17H30N2O/c1-12-3-2-6-17(10-12,11-18)19-16(20)9-15-8-13-4-5-14(15)7-13/h12-15H,2-11,18H2,1H3,(H,19,20). The lowest BCUT2D eigenvalue weighted by atomic mass is 9.76. The molecule has 2 bridgehead atoms. The molecule has 3 aliphatic rings. The van der Waals surface area contributed by atoms with Crippen LogP contribution in [0.3, 0.4) is 0 Å². The van der Waals surface area contributed by atoms with Crippen LogP contribution in [-0.4, -0.2) is 18.0 Å². The molecule has 3 rings (SSSR count). The molecular formula is C17H30N2O. The fourth-order valence-electron chi connectivity index (χ4n) is 5.22. The molecule has 3 heteroatoms. The molecule has 114 valence electrons. The number of fused-ring (bicyclic) bond motifs is 2. The number of rotatable bonds is 4. The topological polar surface area (TPSA) is 55.1 Å². The number of hydrogen-bond donors (Lipinski definition) is 2. The maximum atomic E-state index is 12.4. The smallest absolute Gasteiger partial charge is 0.220 e. The van der Waals surface area contributed by atoms with Gasteiger partial charge < -0.3 is 11.1 Å². The molecule has 0 heterocycles. The molecule has 0 aromatic rings. The Kier molecular flexibility index (Phi) is 4.07. The van der Waals surface area contributed by atoms with Crippen molar-refractivity contribution in [1.82, 2.24) is 5.32 Å². The van der Waals surface area contributed by atoms with Gasteiger partial charge in [0.15, 0.2) is 0 Å². The lowest BCUT2D eigenvalue weighted by Gasteiger charge is -2.40. The molecule has 5 unspecified atom stereocenters. The van der Waals surface area contributed by atoms with Crippen LogP contribution in [0.15, 0.2) is 0 Å². The summed E-state index contributed by atoms with van der Waals surface area (Å²) in [6.07, 6.45) is 10.8. The molecule has 0 aromatic carbocycles. The van der Waals surface area contributed by atoms with Gasteiger partial charge in [-0.2, -0.15) is 0 Å². The number of nitrogens with one attached hydrogen (secondary N) is 1. The summed E-state index contributed by atoms with van der Waals surface area (Å²) in [5.74, 6) is 3.38. The van der Waals surface area contributed by atoms with E-state index in [2.05, 4.69) is 12.2 Å². The van der Waals surface area contributed by atoms with Gasteiger partial charge in [-0.05, 0) is 55.8 Å². The summed E-state index contributed by atoms with van der Waals surface area (Å²) in [5, 5.41) is 3.33. The van der Waals surface area contributed by atoms with Crippen LogP contribution in [0, 0.1) is 23.7 Å². The van der Waals surface area contributed by atoms with E-state index in [1.165, 1.54) is 38.5 Å². The first-order valence-electron chi connectivity index (χ1n) is 8.61. The fraction of sp³-hybridized carbons (Fsp3) is 0.941. The molecule has 0 saturated heterocycles. The summed E-state index contributed by atoms with van der Waals surface area (Å²) in [6, 6.07) is 0. The van der Waals surface area contributed by atoms with Crippen LogP contribution >= 0.6 is 0 Å². The summed E-state index contributed by atoms with van der Waals surface area (Å²) in [7, 11) is 0. The van der Waals surface area contributed by atoms with E-state index in [-0.39, 0.29) is 11.4 Å². The molecule has 20 heavy (non-hydrogen) atoms. The first kappa shape index (κ1) is 14.4. The second-order valence-corrected chi connectivity index (χ2v) is 7.87. The lowest BCUT2D eigenvalue weighted by molar-refractivity contribution is -0.124. The maximum absolute atomic E-state index is 12.4. The van der Waals surface area contributed by atoms with Crippen molar-refractivity contribution in [1.29, 1.82) is 0 Å². The lowest BCUT2D eigenvalue weighted by Crippen LogP contribution is -2.56. The van der Waals surface area contributed by atoms with Gasteiger partial charge in [0.05, 0.1) is 5.54 Å². The predicted molar refractivity (Wildman–Crippen MR) is 81.1 cm³/mol. The Morgan fingerprint density at radius 3 is 2.75 bits per heavy atom. The molecule has 0 aromatic heterocycles. The molecule has 3 fully saturated rings. The Labute approximate surface area is 123 Å². The molecule has 3 aliphatic carbocycles. The van der Waals surface area contributed by atoms with E-state index in [4.69, 9.17) is 5.73 Å². The van der Waals surface area contributed by atoms with Crippen LogP contribution in [0.4, 0.5) is 0 Å². The van der Waals surface area contributed by atoms with Crippen molar-refractivity contribution < 1.29 is 4.79 Å². The number of hydrogen-bond acceptors (Lipinski definition) is 2. The Hall–Kier alpha value is -0.570. The second kappa shape index (κ2) is 5.67. The average Bonchev–Trinajstić information content (AvgIpc) is 3.00. The van der Waals surface area contributed by atoms with E-state index in [1.54, 1.807) is 0 Å². The highest BCUT2D eigenvalue weighted by molar-refractivity contribution is 5.77. The third kappa shape index (κ3) is 2.88. The van der Waals surface area contributed by atoms with Gasteiger partial charge in [0.2, 0.25) is 5.91 Å². The van der Waals surface area contributed by atoms with E-state index < -0.39 is 0 Å². The number of carbonyl (C=O) groups is 1. The first-order valence-corrected chi connectivity index (χ1v) is 8.61. The van der Waals surface area contributed by atoms with Crippen molar-refractivity contribution in [3.8, 4) is 0 Å². The summed E-state index contributed by atoms with van der Waals surface area (Å²) >= 11 is 0. The van der Waals surface area contributed by atoms with Gasteiger partial charge in [-0.3, -0.25) is 4.79 Å². The molecular weight excluding hydrogens is 248 g/mol. The van der Waals surface area contributed by atoms with Crippen LogP contribution in [-0.2, 0) is 4.79 Å². The number of carbonyl (C=O) groups excluding carboxylic acids is 1. The molecule has 0 aliphatic heterocycles. The third-order valence-electron chi connectivity index (χ3n) is 6.22. The Bertz CT molecular complexity index is 370. The molecule has 5 atom stereocenters. The van der Waals surface area contributed by atoms with Crippen molar-refractivity contribution >= 4 is 5.91 Å². The second-order valence-electron chi connectivity index (χ2n) is 7.87. The molecule has 0 spiro atoms. The largest absolute Gasteiger partial charge is 0.349 e. The minimum Gasteiger partial charge on any atom is -0.349 e. The van der Waals surface area contributed by atoms with Crippen molar-refractivity contribution in [3.63, 3.8) is 0 Å². The summed E-state index contributed by atoms with van der Waals surface area (Å²) in [4.78, 5) is 12.4. The van der Waals surface area contributed by atoms with E-state index in [1.807, 2.05) is 0 Å². The fourth-order valence-corrected chi connectivity index (χ4v) is 5.22. The van der Waals surface area contributed by atoms with Gasteiger partial charge in [-0.25, -0.2) is 0 Å². The van der Waals surface area contributed by atoms with Crippen molar-refractivity contribution in [3.05, 3.63) is 0 Å². The Morgan fingerprint density at radius 1 is 1.30 bits per heavy atom. The highest BCUT2D eigenvalue weighted by Gasteiger charge is 2.41. The van der Waals surface area contributed by atoms with Crippen molar-refractivity contribution in [2.75, 3.05) is 6.54 Å². The first-order chi connectivity index (χ1) is 9.60.